The summed E-state index contributed by atoms with van der Waals surface area (Å²) < 4.78 is 6.61. The predicted molar refractivity (Wildman–Crippen MR) is 106 cm³/mol. The van der Waals surface area contributed by atoms with E-state index >= 15 is 0 Å². The molecule has 26 heavy (non-hydrogen) atoms. The molecule has 0 spiro atoms. The summed E-state index contributed by atoms with van der Waals surface area (Å²) in [5.74, 6) is 0.165. The molecule has 0 atom stereocenters. The van der Waals surface area contributed by atoms with Crippen molar-refractivity contribution in [3.63, 3.8) is 0 Å². The maximum atomic E-state index is 12.1. The van der Waals surface area contributed by atoms with E-state index in [9.17, 15) is 9.59 Å². The SMILES string of the molecule is CC(=O)Nc1ccc(C(=O)N/N=C/c2cc(Br)ccc2OC(C)C)cc1. The largest absolute Gasteiger partial charge is 0.490 e. The number of nitrogens with zero attached hydrogens (tertiary/aromatic N) is 1. The first-order valence-corrected chi connectivity index (χ1v) is 8.81. The summed E-state index contributed by atoms with van der Waals surface area (Å²) in [6.45, 7) is 5.30. The lowest BCUT2D eigenvalue weighted by atomic mass is 10.2. The normalized spacial score (nSPS) is 10.8. The Morgan fingerprint density at radius 1 is 1.15 bits per heavy atom. The number of hydrazone groups is 1. The van der Waals surface area contributed by atoms with Crippen molar-refractivity contribution in [1.29, 1.82) is 0 Å². The first kappa shape index (κ1) is 19.7. The molecule has 136 valence electrons. The highest BCUT2D eigenvalue weighted by atomic mass is 79.9. The summed E-state index contributed by atoms with van der Waals surface area (Å²) >= 11 is 3.41. The molecule has 2 aromatic carbocycles. The monoisotopic (exact) mass is 417 g/mol. The van der Waals surface area contributed by atoms with Crippen molar-refractivity contribution in [3.8, 4) is 5.75 Å². The van der Waals surface area contributed by atoms with E-state index in [-0.39, 0.29) is 17.9 Å². The number of amides is 2. The van der Waals surface area contributed by atoms with Gasteiger partial charge in [0.05, 0.1) is 12.3 Å². The van der Waals surface area contributed by atoms with E-state index in [0.29, 0.717) is 17.0 Å². The third-order valence-electron chi connectivity index (χ3n) is 3.17. The molecule has 0 saturated carbocycles. The number of rotatable bonds is 6. The second-order valence-corrected chi connectivity index (χ2v) is 6.72. The van der Waals surface area contributed by atoms with Gasteiger partial charge in [-0.1, -0.05) is 15.9 Å². The molecule has 0 heterocycles. The average molecular weight is 418 g/mol. The van der Waals surface area contributed by atoms with E-state index in [1.165, 1.54) is 13.1 Å². The van der Waals surface area contributed by atoms with E-state index in [1.54, 1.807) is 24.3 Å². The Kier molecular flexibility index (Phi) is 6.91. The molecular weight excluding hydrogens is 398 g/mol. The molecule has 0 aromatic heterocycles. The van der Waals surface area contributed by atoms with Crippen LogP contribution in [-0.4, -0.2) is 24.1 Å². The van der Waals surface area contributed by atoms with Crippen LogP contribution in [0, 0.1) is 0 Å². The van der Waals surface area contributed by atoms with Gasteiger partial charge in [0.15, 0.2) is 0 Å². The van der Waals surface area contributed by atoms with Crippen molar-refractivity contribution in [2.45, 2.75) is 26.9 Å². The van der Waals surface area contributed by atoms with Crippen LogP contribution in [0.25, 0.3) is 0 Å². The van der Waals surface area contributed by atoms with Crippen LogP contribution in [0.15, 0.2) is 52.0 Å². The molecule has 0 fully saturated rings. The molecule has 0 aliphatic rings. The van der Waals surface area contributed by atoms with Crippen molar-refractivity contribution in [3.05, 3.63) is 58.1 Å². The first-order valence-electron chi connectivity index (χ1n) is 8.02. The minimum atomic E-state index is -0.350. The maximum absolute atomic E-state index is 12.1. The number of anilines is 1. The first-order chi connectivity index (χ1) is 12.3. The van der Waals surface area contributed by atoms with E-state index in [1.807, 2.05) is 32.0 Å². The molecular formula is C19H20BrN3O3. The van der Waals surface area contributed by atoms with Gasteiger partial charge in [-0.25, -0.2) is 5.43 Å². The summed E-state index contributed by atoms with van der Waals surface area (Å²) in [7, 11) is 0. The Morgan fingerprint density at radius 2 is 1.85 bits per heavy atom. The van der Waals surface area contributed by atoms with E-state index in [2.05, 4.69) is 31.8 Å². The second-order valence-electron chi connectivity index (χ2n) is 5.81. The fourth-order valence-corrected chi connectivity index (χ4v) is 2.49. The third kappa shape index (κ3) is 6.00. The number of nitrogens with one attached hydrogen (secondary N) is 2. The zero-order chi connectivity index (χ0) is 19.1. The van der Waals surface area contributed by atoms with Gasteiger partial charge >= 0.3 is 0 Å². The summed E-state index contributed by atoms with van der Waals surface area (Å²) in [4.78, 5) is 23.1. The highest BCUT2D eigenvalue weighted by Crippen LogP contribution is 2.22. The van der Waals surface area contributed by atoms with E-state index in [0.717, 1.165) is 10.0 Å². The predicted octanol–water partition coefficient (Wildman–Crippen LogP) is 3.96. The molecule has 2 amide bonds. The van der Waals surface area contributed by atoms with Gasteiger partial charge in [0.1, 0.15) is 5.75 Å². The Bertz CT molecular complexity index is 817. The van der Waals surface area contributed by atoms with Crippen LogP contribution < -0.4 is 15.5 Å². The van der Waals surface area contributed by atoms with Crippen molar-refractivity contribution >= 4 is 39.6 Å². The number of ether oxygens (including phenoxy) is 1. The fourth-order valence-electron chi connectivity index (χ4n) is 2.11. The Morgan fingerprint density at radius 3 is 2.46 bits per heavy atom. The Labute approximate surface area is 160 Å². The molecule has 0 aliphatic heterocycles. The average Bonchev–Trinajstić information content (AvgIpc) is 2.57. The second kappa shape index (κ2) is 9.15. The number of benzene rings is 2. The smallest absolute Gasteiger partial charge is 0.271 e. The lowest BCUT2D eigenvalue weighted by Gasteiger charge is -2.12. The molecule has 0 saturated heterocycles. The van der Waals surface area contributed by atoms with Gasteiger partial charge < -0.3 is 10.1 Å². The van der Waals surface area contributed by atoms with Crippen LogP contribution in [0.5, 0.6) is 5.75 Å². The minimum absolute atomic E-state index is 0.0278. The molecule has 7 heteroatoms. The molecule has 2 N–H and O–H groups in total. The summed E-state index contributed by atoms with van der Waals surface area (Å²) in [6, 6.07) is 12.1. The zero-order valence-electron chi connectivity index (χ0n) is 14.7. The number of hydrogen-bond donors (Lipinski definition) is 2. The molecule has 0 aliphatic carbocycles. The lowest BCUT2D eigenvalue weighted by Crippen LogP contribution is -2.18. The highest BCUT2D eigenvalue weighted by molar-refractivity contribution is 9.10. The van der Waals surface area contributed by atoms with Crippen LogP contribution in [0.4, 0.5) is 5.69 Å². The van der Waals surface area contributed by atoms with Crippen LogP contribution in [-0.2, 0) is 4.79 Å². The molecule has 2 rings (SSSR count). The fraction of sp³-hybridized carbons (Fsp3) is 0.211. The number of hydrogen-bond acceptors (Lipinski definition) is 4. The highest BCUT2D eigenvalue weighted by Gasteiger charge is 2.07. The van der Waals surface area contributed by atoms with Gasteiger partial charge in [0.2, 0.25) is 5.91 Å². The summed E-state index contributed by atoms with van der Waals surface area (Å²) in [5, 5.41) is 6.65. The van der Waals surface area contributed by atoms with E-state index < -0.39 is 0 Å². The zero-order valence-corrected chi connectivity index (χ0v) is 16.3. The van der Waals surface area contributed by atoms with Crippen molar-refractivity contribution in [2.75, 3.05) is 5.32 Å². The molecule has 0 radical (unpaired) electrons. The van der Waals surface area contributed by atoms with Crippen LogP contribution in [0.2, 0.25) is 0 Å². The Hall–Kier alpha value is -2.67. The van der Waals surface area contributed by atoms with Crippen LogP contribution in [0.1, 0.15) is 36.7 Å². The van der Waals surface area contributed by atoms with Crippen molar-refractivity contribution in [1.82, 2.24) is 5.43 Å². The Balaban J connectivity index is 2.04. The maximum Gasteiger partial charge on any atom is 0.271 e. The summed E-state index contributed by atoms with van der Waals surface area (Å²) in [5.41, 5.74) is 4.29. The topological polar surface area (TPSA) is 79.8 Å². The molecule has 0 bridgehead atoms. The van der Waals surface area contributed by atoms with Crippen LogP contribution in [0.3, 0.4) is 0 Å². The summed E-state index contributed by atoms with van der Waals surface area (Å²) in [6.07, 6.45) is 1.56. The van der Waals surface area contributed by atoms with Gasteiger partial charge in [-0.3, -0.25) is 9.59 Å². The van der Waals surface area contributed by atoms with Gasteiger partial charge in [-0.2, -0.15) is 5.10 Å². The number of halogens is 1. The van der Waals surface area contributed by atoms with E-state index in [4.69, 9.17) is 4.74 Å². The van der Waals surface area contributed by atoms with Gasteiger partial charge in [0, 0.05) is 28.2 Å². The number of carbonyl (C=O) groups excluding carboxylic acids is 2. The standard InChI is InChI=1S/C19H20BrN3O3/c1-12(2)26-18-9-6-16(20)10-15(18)11-21-23-19(25)14-4-7-17(8-5-14)22-13(3)24/h4-12H,1-3H3,(H,22,24)(H,23,25)/b21-11+. The van der Waals surface area contributed by atoms with Crippen LogP contribution >= 0.6 is 15.9 Å². The molecule has 0 unspecified atom stereocenters. The van der Waals surface area contributed by atoms with Gasteiger partial charge in [-0.05, 0) is 56.3 Å². The van der Waals surface area contributed by atoms with Gasteiger partial charge in [-0.15, -0.1) is 0 Å². The quantitative estimate of drug-likeness (QED) is 0.551. The van der Waals surface area contributed by atoms with Crippen molar-refractivity contribution < 1.29 is 14.3 Å². The molecule has 6 nitrogen and oxygen atoms in total. The lowest BCUT2D eigenvalue weighted by molar-refractivity contribution is -0.114. The number of carbonyl (C=O) groups is 2. The minimum Gasteiger partial charge on any atom is -0.490 e. The van der Waals surface area contributed by atoms with Crippen molar-refractivity contribution in [2.24, 2.45) is 5.10 Å². The molecule has 2 aromatic rings. The third-order valence-corrected chi connectivity index (χ3v) is 3.66. The van der Waals surface area contributed by atoms with Gasteiger partial charge in [0.25, 0.3) is 5.91 Å².